The first-order chi connectivity index (χ1) is 7.72. The Kier molecular flexibility index (Phi) is 2.90. The summed E-state index contributed by atoms with van der Waals surface area (Å²) in [6.07, 6.45) is 0. The van der Waals surface area contributed by atoms with Crippen molar-refractivity contribution in [2.24, 2.45) is 0 Å². The van der Waals surface area contributed by atoms with Crippen molar-refractivity contribution < 1.29 is 18.3 Å². The van der Waals surface area contributed by atoms with Crippen LogP contribution in [-0.2, 0) is 0 Å². The lowest BCUT2D eigenvalue weighted by atomic mass is 10.1. The predicted octanol–water partition coefficient (Wildman–Crippen LogP) is 3.45. The van der Waals surface area contributed by atoms with Gasteiger partial charge in [-0.3, -0.25) is 0 Å². The van der Waals surface area contributed by atoms with E-state index in [1.54, 1.807) is 18.2 Å². The fourth-order valence-electron chi connectivity index (χ4n) is 1.64. The topological polar surface area (TPSA) is 18.5 Å². The Morgan fingerprint density at radius 1 is 1.00 bits per heavy atom. The summed E-state index contributed by atoms with van der Waals surface area (Å²) in [5, 5.41) is 1.37. The van der Waals surface area contributed by atoms with E-state index < -0.39 is 6.61 Å². The van der Waals surface area contributed by atoms with Gasteiger partial charge in [0.2, 0.25) is 0 Å². The summed E-state index contributed by atoms with van der Waals surface area (Å²) < 4.78 is 34.0. The maximum atomic E-state index is 12.2. The third kappa shape index (κ3) is 1.91. The van der Waals surface area contributed by atoms with Crippen LogP contribution >= 0.6 is 0 Å². The second-order valence-corrected chi connectivity index (χ2v) is 3.19. The molecule has 0 spiro atoms. The number of hydrogen-bond acceptors (Lipinski definition) is 2. The van der Waals surface area contributed by atoms with E-state index in [2.05, 4.69) is 4.74 Å². The molecule has 4 heteroatoms. The first kappa shape index (κ1) is 10.7. The smallest absolute Gasteiger partial charge is 0.387 e. The molecular weight excluding hydrogens is 214 g/mol. The summed E-state index contributed by atoms with van der Waals surface area (Å²) in [4.78, 5) is 0. The number of fused-ring (bicyclic) bond motifs is 1. The summed E-state index contributed by atoms with van der Waals surface area (Å²) in [7, 11) is 1.49. The van der Waals surface area contributed by atoms with E-state index in [-0.39, 0.29) is 5.75 Å². The molecule has 0 aliphatic heterocycles. The number of hydrogen-bond donors (Lipinski definition) is 0. The van der Waals surface area contributed by atoms with Gasteiger partial charge in [0.05, 0.1) is 12.5 Å². The van der Waals surface area contributed by atoms with Crippen LogP contribution in [0.25, 0.3) is 10.8 Å². The molecule has 0 bridgehead atoms. The molecule has 16 heavy (non-hydrogen) atoms. The van der Waals surface area contributed by atoms with Gasteiger partial charge in [0.15, 0.2) is 0 Å². The Morgan fingerprint density at radius 3 is 2.19 bits per heavy atom. The highest BCUT2D eigenvalue weighted by Crippen LogP contribution is 2.34. The van der Waals surface area contributed by atoms with Crippen LogP contribution in [-0.4, -0.2) is 13.7 Å². The maximum absolute atomic E-state index is 12.2. The molecule has 0 unspecified atom stereocenters. The van der Waals surface area contributed by atoms with Crippen LogP contribution in [0.3, 0.4) is 0 Å². The Hall–Kier alpha value is -1.84. The van der Waals surface area contributed by atoms with Gasteiger partial charge >= 0.3 is 6.61 Å². The van der Waals surface area contributed by atoms with Gasteiger partial charge in [0.25, 0.3) is 0 Å². The van der Waals surface area contributed by atoms with Gasteiger partial charge < -0.3 is 9.47 Å². The quantitative estimate of drug-likeness (QED) is 0.794. The summed E-state index contributed by atoms with van der Waals surface area (Å²) in [6, 6.07) is 10.3. The highest BCUT2D eigenvalue weighted by Gasteiger charge is 2.11. The highest BCUT2D eigenvalue weighted by molar-refractivity contribution is 5.93. The minimum Gasteiger partial charge on any atom is -0.496 e. The van der Waals surface area contributed by atoms with Crippen molar-refractivity contribution in [2.45, 2.75) is 6.61 Å². The second kappa shape index (κ2) is 4.35. The summed E-state index contributed by atoms with van der Waals surface area (Å²) in [5.74, 6) is 0.652. The van der Waals surface area contributed by atoms with Crippen molar-refractivity contribution in [3.8, 4) is 11.5 Å². The normalized spacial score (nSPS) is 10.8. The standard InChI is InChI=1S/C12H10F2O2/c1-15-9-6-2-4-8-5-3-7-10(11(8)9)16-12(13)14/h2-7,12H,1H3. The van der Waals surface area contributed by atoms with E-state index in [1.165, 1.54) is 13.2 Å². The second-order valence-electron chi connectivity index (χ2n) is 3.19. The van der Waals surface area contributed by atoms with Gasteiger partial charge in [-0.25, -0.2) is 0 Å². The average molecular weight is 224 g/mol. The molecule has 2 nitrogen and oxygen atoms in total. The van der Waals surface area contributed by atoms with Gasteiger partial charge in [-0.15, -0.1) is 0 Å². The number of rotatable bonds is 3. The molecule has 2 aromatic carbocycles. The van der Waals surface area contributed by atoms with E-state index in [9.17, 15) is 8.78 Å². The molecule has 0 saturated heterocycles. The Morgan fingerprint density at radius 2 is 1.62 bits per heavy atom. The fourth-order valence-corrected chi connectivity index (χ4v) is 1.64. The first-order valence-electron chi connectivity index (χ1n) is 4.73. The van der Waals surface area contributed by atoms with Crippen molar-refractivity contribution >= 4 is 10.8 Å². The van der Waals surface area contributed by atoms with Crippen LogP contribution < -0.4 is 9.47 Å². The van der Waals surface area contributed by atoms with E-state index in [0.717, 1.165) is 5.39 Å². The number of ether oxygens (including phenoxy) is 2. The van der Waals surface area contributed by atoms with Gasteiger partial charge in [-0.2, -0.15) is 8.78 Å². The Bertz CT molecular complexity index is 492. The molecule has 0 atom stereocenters. The zero-order valence-electron chi connectivity index (χ0n) is 8.61. The molecule has 0 N–H and O–H groups in total. The van der Waals surface area contributed by atoms with E-state index in [0.29, 0.717) is 11.1 Å². The third-order valence-corrected chi connectivity index (χ3v) is 2.26. The summed E-state index contributed by atoms with van der Waals surface area (Å²) in [6.45, 7) is -2.84. The highest BCUT2D eigenvalue weighted by atomic mass is 19.3. The largest absolute Gasteiger partial charge is 0.496 e. The Labute approximate surface area is 91.4 Å². The van der Waals surface area contributed by atoms with Crippen molar-refractivity contribution in [3.05, 3.63) is 36.4 Å². The molecular formula is C12H10F2O2. The monoisotopic (exact) mass is 224 g/mol. The zero-order chi connectivity index (χ0) is 11.5. The average Bonchev–Trinajstić information content (AvgIpc) is 2.28. The van der Waals surface area contributed by atoms with Crippen LogP contribution in [0.15, 0.2) is 36.4 Å². The van der Waals surface area contributed by atoms with Crippen molar-refractivity contribution in [1.29, 1.82) is 0 Å². The van der Waals surface area contributed by atoms with Gasteiger partial charge in [-0.1, -0.05) is 24.3 Å². The lowest BCUT2D eigenvalue weighted by Crippen LogP contribution is -2.02. The molecule has 0 amide bonds. The fraction of sp³-hybridized carbons (Fsp3) is 0.167. The molecule has 2 aromatic rings. The molecule has 0 aliphatic carbocycles. The van der Waals surface area contributed by atoms with E-state index in [4.69, 9.17) is 4.74 Å². The van der Waals surface area contributed by atoms with Crippen molar-refractivity contribution in [1.82, 2.24) is 0 Å². The van der Waals surface area contributed by atoms with Gasteiger partial charge in [0, 0.05) is 0 Å². The van der Waals surface area contributed by atoms with Crippen molar-refractivity contribution in [2.75, 3.05) is 7.11 Å². The molecule has 84 valence electrons. The molecule has 0 aromatic heterocycles. The molecule has 0 heterocycles. The first-order valence-corrected chi connectivity index (χ1v) is 4.73. The predicted molar refractivity (Wildman–Crippen MR) is 57.1 cm³/mol. The molecule has 2 rings (SSSR count). The summed E-state index contributed by atoms with van der Waals surface area (Å²) in [5.41, 5.74) is 0. The number of methoxy groups -OCH3 is 1. The van der Waals surface area contributed by atoms with Crippen LogP contribution in [0, 0.1) is 0 Å². The lowest BCUT2D eigenvalue weighted by molar-refractivity contribution is -0.0488. The summed E-state index contributed by atoms with van der Waals surface area (Å²) >= 11 is 0. The van der Waals surface area contributed by atoms with E-state index >= 15 is 0 Å². The zero-order valence-corrected chi connectivity index (χ0v) is 8.61. The van der Waals surface area contributed by atoms with Crippen LogP contribution in [0.1, 0.15) is 0 Å². The molecule has 0 aliphatic rings. The molecule has 0 saturated carbocycles. The van der Waals surface area contributed by atoms with Crippen LogP contribution in [0.5, 0.6) is 11.5 Å². The Balaban J connectivity index is 2.63. The number of alkyl halides is 2. The maximum Gasteiger partial charge on any atom is 0.387 e. The number of benzene rings is 2. The van der Waals surface area contributed by atoms with E-state index in [1.807, 2.05) is 12.1 Å². The van der Waals surface area contributed by atoms with Crippen LogP contribution in [0.2, 0.25) is 0 Å². The molecule has 0 fully saturated rings. The van der Waals surface area contributed by atoms with Gasteiger partial charge in [0.1, 0.15) is 11.5 Å². The third-order valence-electron chi connectivity index (χ3n) is 2.26. The minimum absolute atomic E-state index is 0.130. The minimum atomic E-state index is -2.84. The van der Waals surface area contributed by atoms with Gasteiger partial charge in [-0.05, 0) is 17.5 Å². The number of halogens is 2. The van der Waals surface area contributed by atoms with Crippen LogP contribution in [0.4, 0.5) is 8.78 Å². The van der Waals surface area contributed by atoms with Crippen molar-refractivity contribution in [3.63, 3.8) is 0 Å². The SMILES string of the molecule is COc1cccc2cccc(OC(F)F)c12. The molecule has 0 radical (unpaired) electrons. The lowest BCUT2D eigenvalue weighted by Gasteiger charge is -2.11.